The van der Waals surface area contributed by atoms with E-state index in [4.69, 9.17) is 23.4 Å². The monoisotopic (exact) mass is 664 g/mol. The van der Waals surface area contributed by atoms with Crippen LogP contribution >= 0.6 is 0 Å². The molecule has 9 atom stereocenters. The maximum Gasteiger partial charge on any atom is 0.338 e. The van der Waals surface area contributed by atoms with Crippen molar-refractivity contribution in [1.82, 2.24) is 0 Å². The van der Waals surface area contributed by atoms with Gasteiger partial charge in [0.2, 0.25) is 0 Å². The SMILES string of the molecule is CC(=O)O[C@@]12CO[C@@H]1CC[C@@]1(C)C(=O)CC3=C(C)C(OC(=O)[C@H](O)[C@@H](C)c4ccco4)C[C@@](O)([C@@H](OC(=O)c4ccccc4)[C@H]21)C3(C)C. The minimum absolute atomic E-state index is 0.0440. The molecule has 0 spiro atoms. The smallest absolute Gasteiger partial charge is 0.338 e. The highest BCUT2D eigenvalue weighted by molar-refractivity contribution is 5.91. The van der Waals surface area contributed by atoms with Gasteiger partial charge in [0, 0.05) is 30.6 Å². The second-order valence-electron chi connectivity index (χ2n) is 14.7. The summed E-state index contributed by atoms with van der Waals surface area (Å²) in [7, 11) is 0. The fourth-order valence-electron chi connectivity index (χ4n) is 8.72. The van der Waals surface area contributed by atoms with Crippen molar-refractivity contribution < 1.29 is 52.8 Å². The van der Waals surface area contributed by atoms with Gasteiger partial charge >= 0.3 is 17.9 Å². The van der Waals surface area contributed by atoms with Crippen molar-refractivity contribution in [3.8, 4) is 0 Å². The van der Waals surface area contributed by atoms with Crippen LogP contribution in [0, 0.1) is 16.7 Å². The van der Waals surface area contributed by atoms with Crippen molar-refractivity contribution in [2.45, 2.75) is 109 Å². The first-order chi connectivity index (χ1) is 22.6. The standard InChI is InChI=1S/C37H44O11/c1-20-24-17-27(39)35(6)15-14-28-36(19-45-28,48-22(3)38)30(35)31(47-32(41)23-11-8-7-9-12-23)37(43,34(24,4)5)18-26(20)46-33(42)29(40)21(2)25-13-10-16-44-25/h7-13,16,21,26,28-31,40,43H,14-15,17-19H2,1-6H3/t21-,26?,28+,29+,30-,31-,35-,36-,37+/m0/s1. The molecule has 48 heavy (non-hydrogen) atoms. The number of rotatable bonds is 7. The highest BCUT2D eigenvalue weighted by Gasteiger charge is 2.75. The third-order valence-electron chi connectivity index (χ3n) is 11.8. The molecule has 1 saturated heterocycles. The lowest BCUT2D eigenvalue weighted by atomic mass is 9.46. The van der Waals surface area contributed by atoms with E-state index in [1.807, 2.05) is 0 Å². The van der Waals surface area contributed by atoms with Crippen molar-refractivity contribution in [3.63, 3.8) is 0 Å². The number of esters is 3. The van der Waals surface area contributed by atoms with Crippen LogP contribution < -0.4 is 0 Å². The number of furan rings is 1. The van der Waals surface area contributed by atoms with Crippen molar-refractivity contribution >= 4 is 23.7 Å². The summed E-state index contributed by atoms with van der Waals surface area (Å²) in [6.45, 7) is 9.98. The fraction of sp³-hybridized carbons (Fsp3) is 0.568. The van der Waals surface area contributed by atoms with Crippen molar-refractivity contribution in [2.75, 3.05) is 6.61 Å². The van der Waals surface area contributed by atoms with E-state index < -0.39 is 76.2 Å². The number of hydrogen-bond acceptors (Lipinski definition) is 11. The van der Waals surface area contributed by atoms with Gasteiger partial charge in [0.05, 0.1) is 30.3 Å². The average molecular weight is 665 g/mol. The van der Waals surface area contributed by atoms with Crippen molar-refractivity contribution in [1.29, 1.82) is 0 Å². The lowest BCUT2D eigenvalue weighted by Gasteiger charge is -2.66. The highest BCUT2D eigenvalue weighted by atomic mass is 16.6. The number of hydrogen-bond donors (Lipinski definition) is 2. The molecule has 2 heterocycles. The summed E-state index contributed by atoms with van der Waals surface area (Å²) < 4.78 is 29.7. The molecule has 11 nitrogen and oxygen atoms in total. The lowest BCUT2D eigenvalue weighted by Crippen LogP contribution is -2.78. The molecule has 258 valence electrons. The molecule has 2 saturated carbocycles. The maximum atomic E-state index is 14.6. The molecule has 1 aromatic carbocycles. The van der Waals surface area contributed by atoms with Crippen molar-refractivity contribution in [2.24, 2.45) is 16.7 Å². The molecular weight excluding hydrogens is 620 g/mol. The predicted molar refractivity (Wildman–Crippen MR) is 169 cm³/mol. The number of fused-ring (bicyclic) bond motifs is 5. The van der Waals surface area contributed by atoms with Crippen LogP contribution in [-0.2, 0) is 33.3 Å². The molecule has 2 bridgehead atoms. The van der Waals surface area contributed by atoms with E-state index in [0.29, 0.717) is 29.7 Å². The van der Waals surface area contributed by atoms with Crippen LogP contribution in [0.2, 0.25) is 0 Å². The van der Waals surface area contributed by atoms with Gasteiger partial charge in [-0.15, -0.1) is 0 Å². The fourth-order valence-corrected chi connectivity index (χ4v) is 8.72. The van der Waals surface area contributed by atoms with Crippen LogP contribution in [0.25, 0.3) is 0 Å². The second kappa shape index (κ2) is 12.0. The summed E-state index contributed by atoms with van der Waals surface area (Å²) >= 11 is 0. The topological polar surface area (TPSA) is 159 Å². The average Bonchev–Trinajstić information content (AvgIpc) is 3.58. The number of ketones is 1. The quantitative estimate of drug-likeness (QED) is 0.245. The Morgan fingerprint density at radius 2 is 1.75 bits per heavy atom. The Hall–Kier alpha value is -3.80. The minimum Gasteiger partial charge on any atom is -0.469 e. The Morgan fingerprint density at radius 3 is 2.35 bits per heavy atom. The Bertz CT molecular complexity index is 1630. The molecule has 1 aromatic heterocycles. The number of aliphatic hydroxyl groups excluding tert-OH is 1. The number of ether oxygens (including phenoxy) is 4. The molecule has 1 aliphatic heterocycles. The first-order valence-electron chi connectivity index (χ1n) is 16.5. The van der Waals surface area contributed by atoms with Crippen LogP contribution in [0.3, 0.4) is 0 Å². The van der Waals surface area contributed by atoms with Crippen LogP contribution in [0.4, 0.5) is 0 Å². The zero-order chi connectivity index (χ0) is 34.8. The summed E-state index contributed by atoms with van der Waals surface area (Å²) in [5.74, 6) is -3.77. The first kappa shape index (κ1) is 34.1. The van der Waals surface area contributed by atoms with Gasteiger partial charge in [-0.25, -0.2) is 9.59 Å². The molecule has 4 aliphatic rings. The zero-order valence-corrected chi connectivity index (χ0v) is 28.2. The van der Waals surface area contributed by atoms with Crippen LogP contribution in [0.5, 0.6) is 0 Å². The van der Waals surface area contributed by atoms with E-state index in [-0.39, 0.29) is 30.8 Å². The first-order valence-corrected chi connectivity index (χ1v) is 16.5. The Morgan fingerprint density at radius 1 is 1.04 bits per heavy atom. The Labute approximate surface area is 279 Å². The summed E-state index contributed by atoms with van der Waals surface area (Å²) in [6, 6.07) is 11.6. The summed E-state index contributed by atoms with van der Waals surface area (Å²) in [4.78, 5) is 54.7. The molecule has 0 amide bonds. The molecular formula is C37H44O11. The maximum absolute atomic E-state index is 14.6. The van der Waals surface area contributed by atoms with Gasteiger partial charge in [-0.05, 0) is 49.6 Å². The number of aliphatic hydroxyl groups is 2. The summed E-state index contributed by atoms with van der Waals surface area (Å²) in [6.07, 6.45) is -2.75. The third-order valence-corrected chi connectivity index (χ3v) is 11.8. The zero-order valence-electron chi connectivity index (χ0n) is 28.2. The van der Waals surface area contributed by atoms with E-state index in [9.17, 15) is 29.4 Å². The largest absolute Gasteiger partial charge is 0.469 e. The molecule has 3 fully saturated rings. The lowest BCUT2D eigenvalue weighted by molar-refractivity contribution is -0.331. The van der Waals surface area contributed by atoms with E-state index in [0.717, 1.165) is 0 Å². The third kappa shape index (κ3) is 5.13. The van der Waals surface area contributed by atoms with Crippen molar-refractivity contribution in [3.05, 3.63) is 71.2 Å². The van der Waals surface area contributed by atoms with Crippen LogP contribution in [0.15, 0.2) is 64.3 Å². The molecule has 2 N–H and O–H groups in total. The molecule has 1 unspecified atom stereocenters. The minimum atomic E-state index is -1.95. The molecule has 0 radical (unpaired) electrons. The molecule has 3 aliphatic carbocycles. The highest BCUT2D eigenvalue weighted by Crippen LogP contribution is 2.64. The number of benzene rings is 1. The molecule has 2 aromatic rings. The van der Waals surface area contributed by atoms with E-state index in [1.165, 1.54) is 13.2 Å². The summed E-state index contributed by atoms with van der Waals surface area (Å²) in [5.41, 5.74) is -4.33. The van der Waals surface area contributed by atoms with Crippen LogP contribution in [-0.4, -0.2) is 76.1 Å². The number of carbonyl (C=O) groups excluding carboxylic acids is 4. The van der Waals surface area contributed by atoms with E-state index >= 15 is 0 Å². The van der Waals surface area contributed by atoms with Gasteiger partial charge in [-0.3, -0.25) is 9.59 Å². The molecule has 11 heteroatoms. The van der Waals surface area contributed by atoms with Crippen LogP contribution in [0.1, 0.15) is 89.3 Å². The molecule has 6 rings (SSSR count). The summed E-state index contributed by atoms with van der Waals surface area (Å²) in [5, 5.41) is 24.2. The van der Waals surface area contributed by atoms with E-state index in [1.54, 1.807) is 77.1 Å². The number of carbonyl (C=O) groups is 4. The second-order valence-corrected chi connectivity index (χ2v) is 14.7. The Balaban J connectivity index is 1.49. The Kier molecular flexibility index (Phi) is 8.49. The van der Waals surface area contributed by atoms with Gasteiger partial charge in [0.25, 0.3) is 0 Å². The number of Topliss-reactive ketones (excluding diaryl/α,β-unsaturated/α-hetero) is 1. The predicted octanol–water partition coefficient (Wildman–Crippen LogP) is 4.45. The van der Waals surface area contributed by atoms with Gasteiger partial charge in [0.15, 0.2) is 11.7 Å². The van der Waals surface area contributed by atoms with Gasteiger partial charge in [-0.1, -0.05) is 51.5 Å². The normalized spacial score (nSPS) is 35.0. The van der Waals surface area contributed by atoms with Gasteiger partial charge in [-0.2, -0.15) is 0 Å². The van der Waals surface area contributed by atoms with Gasteiger partial charge in [0.1, 0.15) is 35.5 Å². The van der Waals surface area contributed by atoms with Gasteiger partial charge < -0.3 is 33.6 Å². The van der Waals surface area contributed by atoms with E-state index in [2.05, 4.69) is 0 Å².